The first-order valence-corrected chi connectivity index (χ1v) is 7.43. The zero-order chi connectivity index (χ0) is 14.7. The van der Waals surface area contributed by atoms with Crippen molar-refractivity contribution in [2.45, 2.75) is 25.8 Å². The minimum absolute atomic E-state index is 0.243. The van der Waals surface area contributed by atoms with Gasteiger partial charge in [0.25, 0.3) is 0 Å². The van der Waals surface area contributed by atoms with Crippen molar-refractivity contribution < 1.29 is 0 Å². The van der Waals surface area contributed by atoms with Crippen LogP contribution in [0.2, 0.25) is 0 Å². The summed E-state index contributed by atoms with van der Waals surface area (Å²) in [7, 11) is 0. The molecule has 0 saturated carbocycles. The third-order valence-corrected chi connectivity index (χ3v) is 3.71. The van der Waals surface area contributed by atoms with Gasteiger partial charge in [-0.05, 0) is 43.5 Å². The fourth-order valence-electron chi connectivity index (χ4n) is 2.51. The van der Waals surface area contributed by atoms with Crippen molar-refractivity contribution in [1.29, 1.82) is 0 Å². The Balaban J connectivity index is 1.92. The Labute approximate surface area is 125 Å². The highest BCUT2D eigenvalue weighted by atomic mass is 14.7. The van der Waals surface area contributed by atoms with E-state index in [1.807, 2.05) is 12.1 Å². The molecule has 0 aliphatic heterocycles. The second kappa shape index (κ2) is 6.06. The maximum Gasteiger partial charge on any atom is 0.0709 e. The molecule has 1 heterocycles. The summed E-state index contributed by atoms with van der Waals surface area (Å²) >= 11 is 0. The summed E-state index contributed by atoms with van der Waals surface area (Å²) in [6, 6.07) is 21.3. The van der Waals surface area contributed by atoms with Crippen molar-refractivity contribution in [2.75, 3.05) is 0 Å². The Morgan fingerprint density at radius 3 is 2.71 bits per heavy atom. The van der Waals surface area contributed by atoms with Crippen molar-refractivity contribution in [3.8, 4) is 11.3 Å². The first-order chi connectivity index (χ1) is 10.2. The Morgan fingerprint density at radius 1 is 1.00 bits per heavy atom. The summed E-state index contributed by atoms with van der Waals surface area (Å²) in [5.41, 5.74) is 10.4. The Kier molecular flexibility index (Phi) is 3.98. The summed E-state index contributed by atoms with van der Waals surface area (Å²) in [6.45, 7) is 2.05. The van der Waals surface area contributed by atoms with Gasteiger partial charge in [-0.2, -0.15) is 0 Å². The van der Waals surface area contributed by atoms with Crippen LogP contribution >= 0.6 is 0 Å². The normalized spacial score (nSPS) is 12.5. The number of hydrogen-bond acceptors (Lipinski definition) is 2. The largest absolute Gasteiger partial charge is 0.328 e. The van der Waals surface area contributed by atoms with Crippen molar-refractivity contribution in [1.82, 2.24) is 4.98 Å². The Bertz CT molecular complexity index is 747. The predicted octanol–water partition coefficient (Wildman–Crippen LogP) is 4.18. The second-order valence-electron chi connectivity index (χ2n) is 5.61. The molecule has 2 heteroatoms. The number of aryl methyl sites for hydroxylation is 1. The van der Waals surface area contributed by atoms with Crippen molar-refractivity contribution in [3.05, 3.63) is 66.2 Å². The molecule has 21 heavy (non-hydrogen) atoms. The molecule has 2 nitrogen and oxygen atoms in total. The van der Waals surface area contributed by atoms with Crippen LogP contribution in [-0.4, -0.2) is 11.0 Å². The molecule has 0 bridgehead atoms. The number of para-hydroxylation sites is 1. The minimum atomic E-state index is 0.243. The van der Waals surface area contributed by atoms with E-state index in [9.17, 15) is 0 Å². The highest BCUT2D eigenvalue weighted by Gasteiger charge is 2.03. The van der Waals surface area contributed by atoms with E-state index >= 15 is 0 Å². The van der Waals surface area contributed by atoms with Gasteiger partial charge in [-0.3, -0.25) is 0 Å². The van der Waals surface area contributed by atoms with Crippen LogP contribution in [0.15, 0.2) is 60.7 Å². The van der Waals surface area contributed by atoms with E-state index < -0.39 is 0 Å². The number of fused-ring (bicyclic) bond motifs is 1. The van der Waals surface area contributed by atoms with Gasteiger partial charge in [0.15, 0.2) is 0 Å². The fraction of sp³-hybridized carbons (Fsp3) is 0.211. The number of nitrogens with zero attached hydrogens (tertiary/aromatic N) is 1. The molecule has 0 fully saturated rings. The monoisotopic (exact) mass is 276 g/mol. The lowest BCUT2D eigenvalue weighted by Crippen LogP contribution is -2.15. The third-order valence-electron chi connectivity index (χ3n) is 3.71. The van der Waals surface area contributed by atoms with Gasteiger partial charge in [0.05, 0.1) is 11.2 Å². The quantitative estimate of drug-likeness (QED) is 0.776. The second-order valence-corrected chi connectivity index (χ2v) is 5.61. The number of benzene rings is 2. The van der Waals surface area contributed by atoms with Crippen LogP contribution in [0.25, 0.3) is 22.2 Å². The van der Waals surface area contributed by atoms with Crippen LogP contribution in [0.4, 0.5) is 0 Å². The zero-order valence-corrected chi connectivity index (χ0v) is 12.3. The van der Waals surface area contributed by atoms with Crippen LogP contribution in [0, 0.1) is 0 Å². The van der Waals surface area contributed by atoms with E-state index in [0.29, 0.717) is 0 Å². The molecule has 106 valence electrons. The van der Waals surface area contributed by atoms with Crippen LogP contribution < -0.4 is 5.73 Å². The zero-order valence-electron chi connectivity index (χ0n) is 12.3. The van der Waals surface area contributed by atoms with E-state index in [2.05, 4.69) is 55.5 Å². The molecule has 2 N–H and O–H groups in total. The molecule has 0 amide bonds. The Hall–Kier alpha value is -2.19. The lowest BCUT2D eigenvalue weighted by Gasteiger charge is -2.08. The molecule has 3 aromatic rings. The van der Waals surface area contributed by atoms with Gasteiger partial charge in [-0.25, -0.2) is 4.98 Å². The average Bonchev–Trinajstić information content (AvgIpc) is 2.53. The number of hydrogen-bond donors (Lipinski definition) is 1. The van der Waals surface area contributed by atoms with Gasteiger partial charge in [0.1, 0.15) is 0 Å². The predicted molar refractivity (Wildman–Crippen MR) is 89.1 cm³/mol. The SMILES string of the molecule is CC(N)CCc1cccc(-c2ccc3ccccc3n2)c1. The van der Waals surface area contributed by atoms with Crippen LogP contribution in [0.5, 0.6) is 0 Å². The molecule has 0 radical (unpaired) electrons. The van der Waals surface area contributed by atoms with E-state index in [4.69, 9.17) is 10.7 Å². The van der Waals surface area contributed by atoms with E-state index in [1.54, 1.807) is 0 Å². The van der Waals surface area contributed by atoms with E-state index in [1.165, 1.54) is 16.5 Å². The van der Waals surface area contributed by atoms with E-state index in [-0.39, 0.29) is 6.04 Å². The first kappa shape index (κ1) is 13.8. The van der Waals surface area contributed by atoms with Gasteiger partial charge < -0.3 is 5.73 Å². The maximum absolute atomic E-state index is 5.84. The molecular formula is C19H20N2. The summed E-state index contributed by atoms with van der Waals surface area (Å²) < 4.78 is 0. The summed E-state index contributed by atoms with van der Waals surface area (Å²) in [5, 5.41) is 1.18. The van der Waals surface area contributed by atoms with Crippen molar-refractivity contribution >= 4 is 10.9 Å². The van der Waals surface area contributed by atoms with Crippen LogP contribution in [0.1, 0.15) is 18.9 Å². The smallest absolute Gasteiger partial charge is 0.0709 e. The fourth-order valence-corrected chi connectivity index (χ4v) is 2.51. The van der Waals surface area contributed by atoms with Gasteiger partial charge in [-0.15, -0.1) is 0 Å². The first-order valence-electron chi connectivity index (χ1n) is 7.43. The molecule has 1 unspecified atom stereocenters. The van der Waals surface area contributed by atoms with Crippen molar-refractivity contribution in [3.63, 3.8) is 0 Å². The van der Waals surface area contributed by atoms with Crippen molar-refractivity contribution in [2.24, 2.45) is 5.73 Å². The molecule has 3 rings (SSSR count). The van der Waals surface area contributed by atoms with Gasteiger partial charge >= 0.3 is 0 Å². The number of aromatic nitrogens is 1. The molecule has 1 aromatic heterocycles. The molecular weight excluding hydrogens is 256 g/mol. The summed E-state index contributed by atoms with van der Waals surface area (Å²) in [4.78, 5) is 4.76. The van der Waals surface area contributed by atoms with E-state index in [0.717, 1.165) is 24.1 Å². The number of nitrogens with two attached hydrogens (primary N) is 1. The lowest BCUT2D eigenvalue weighted by molar-refractivity contribution is 0.666. The van der Waals surface area contributed by atoms with Crippen LogP contribution in [-0.2, 0) is 6.42 Å². The maximum atomic E-state index is 5.84. The van der Waals surface area contributed by atoms with Gasteiger partial charge in [0, 0.05) is 17.0 Å². The molecule has 0 aliphatic carbocycles. The minimum Gasteiger partial charge on any atom is -0.328 e. The lowest BCUT2D eigenvalue weighted by atomic mass is 10.0. The number of pyridine rings is 1. The molecule has 0 aliphatic rings. The molecule has 0 spiro atoms. The summed E-state index contributed by atoms with van der Waals surface area (Å²) in [6.07, 6.45) is 2.02. The average molecular weight is 276 g/mol. The highest BCUT2D eigenvalue weighted by molar-refractivity contribution is 5.81. The molecule has 2 aromatic carbocycles. The molecule has 1 atom stereocenters. The summed E-state index contributed by atoms with van der Waals surface area (Å²) in [5.74, 6) is 0. The van der Waals surface area contributed by atoms with Crippen LogP contribution in [0.3, 0.4) is 0 Å². The highest BCUT2D eigenvalue weighted by Crippen LogP contribution is 2.22. The number of rotatable bonds is 4. The van der Waals surface area contributed by atoms with Gasteiger partial charge in [0.2, 0.25) is 0 Å². The van der Waals surface area contributed by atoms with Gasteiger partial charge in [-0.1, -0.05) is 42.5 Å². The third kappa shape index (κ3) is 3.29. The molecule has 0 saturated heterocycles. The Morgan fingerprint density at radius 2 is 1.86 bits per heavy atom. The standard InChI is InChI=1S/C19H20N2/c1-14(20)9-10-15-5-4-7-17(13-15)19-12-11-16-6-2-3-8-18(16)21-19/h2-8,11-14H,9-10,20H2,1H3. The topological polar surface area (TPSA) is 38.9 Å².